The van der Waals surface area contributed by atoms with Crippen LogP contribution in [0, 0.1) is 11.8 Å². The first-order valence-corrected chi connectivity index (χ1v) is 23.3. The Balaban J connectivity index is 3.97. The SMILES string of the molecule is CC(C)CCOC(C)COC(C)COC(C)COC(C)COC(C)COC(C)COC(C)COC(C)COC(C)COC(C)COC(C)COC(C)COC(C)CC(C)C. The Hall–Kier alpha value is -0.520. The minimum atomic E-state index is -0.0839. The average Bonchev–Trinajstić information content (AvgIpc) is 3.19. The van der Waals surface area contributed by atoms with Crippen molar-refractivity contribution in [3.05, 3.63) is 0 Å². The smallest absolute Gasteiger partial charge is 0.0781 e. The number of hydrogen-bond donors (Lipinski definition) is 0. The van der Waals surface area contributed by atoms with Crippen molar-refractivity contribution in [2.45, 2.75) is 210 Å². The molecular weight excluding hydrogens is 773 g/mol. The minimum Gasteiger partial charge on any atom is -0.376 e. The first kappa shape index (κ1) is 59.5. The molecule has 0 amide bonds. The van der Waals surface area contributed by atoms with Crippen LogP contribution in [0.4, 0.5) is 0 Å². The Morgan fingerprint density at radius 2 is 0.367 bits per heavy atom. The summed E-state index contributed by atoms with van der Waals surface area (Å²) < 4.78 is 77.2. The van der Waals surface area contributed by atoms with Gasteiger partial charge in [0.15, 0.2) is 0 Å². The number of hydrogen-bond acceptors (Lipinski definition) is 13. The fraction of sp³-hybridized carbons (Fsp3) is 1.00. The highest BCUT2D eigenvalue weighted by Gasteiger charge is 2.17. The van der Waals surface area contributed by atoms with E-state index in [-0.39, 0.29) is 79.4 Å². The van der Waals surface area contributed by atoms with Crippen LogP contribution in [0.3, 0.4) is 0 Å². The quantitative estimate of drug-likeness (QED) is 0.0585. The van der Waals surface area contributed by atoms with Gasteiger partial charge < -0.3 is 61.6 Å². The third-order valence-electron chi connectivity index (χ3n) is 9.29. The van der Waals surface area contributed by atoms with E-state index < -0.39 is 0 Å². The lowest BCUT2D eigenvalue weighted by molar-refractivity contribution is -0.114. The van der Waals surface area contributed by atoms with Gasteiger partial charge in [-0.2, -0.15) is 0 Å². The summed E-state index contributed by atoms with van der Waals surface area (Å²) in [5.74, 6) is 1.26. The van der Waals surface area contributed by atoms with E-state index in [9.17, 15) is 0 Å². The van der Waals surface area contributed by atoms with Gasteiger partial charge in [0, 0.05) is 6.61 Å². The Kier molecular flexibility index (Phi) is 36.5. The molecule has 0 N–H and O–H groups in total. The van der Waals surface area contributed by atoms with Gasteiger partial charge in [0.2, 0.25) is 0 Å². The Labute approximate surface area is 368 Å². The first-order chi connectivity index (χ1) is 28.2. The molecule has 0 rings (SSSR count). The van der Waals surface area contributed by atoms with E-state index in [0.29, 0.717) is 91.1 Å². The van der Waals surface area contributed by atoms with Crippen molar-refractivity contribution >= 4 is 0 Å². The van der Waals surface area contributed by atoms with Crippen molar-refractivity contribution in [1.82, 2.24) is 0 Å². The molecule has 362 valence electrons. The van der Waals surface area contributed by atoms with E-state index in [1.165, 1.54) is 0 Å². The van der Waals surface area contributed by atoms with Crippen molar-refractivity contribution in [3.63, 3.8) is 0 Å². The van der Waals surface area contributed by atoms with E-state index in [0.717, 1.165) is 19.4 Å². The van der Waals surface area contributed by atoms with Crippen molar-refractivity contribution in [2.24, 2.45) is 11.8 Å². The van der Waals surface area contributed by atoms with Crippen molar-refractivity contribution in [1.29, 1.82) is 0 Å². The fourth-order valence-electron chi connectivity index (χ4n) is 5.41. The van der Waals surface area contributed by atoms with Gasteiger partial charge in [0.1, 0.15) is 0 Å². The van der Waals surface area contributed by atoms with Crippen LogP contribution in [0.15, 0.2) is 0 Å². The second kappa shape index (κ2) is 36.8. The summed E-state index contributed by atoms with van der Waals surface area (Å²) in [4.78, 5) is 0. The highest BCUT2D eigenvalue weighted by Crippen LogP contribution is 2.10. The van der Waals surface area contributed by atoms with Crippen molar-refractivity contribution in [2.75, 3.05) is 85.9 Å². The predicted octanol–water partition coefficient (Wildman–Crippen LogP) is 8.34. The van der Waals surface area contributed by atoms with Crippen LogP contribution in [-0.2, 0) is 61.6 Å². The van der Waals surface area contributed by atoms with Crippen LogP contribution < -0.4 is 0 Å². The maximum atomic E-state index is 5.98. The monoisotopic (exact) mass is 869 g/mol. The van der Waals surface area contributed by atoms with Crippen LogP contribution in [0.5, 0.6) is 0 Å². The Morgan fingerprint density at radius 1 is 0.200 bits per heavy atom. The molecule has 0 aromatic carbocycles. The molecule has 0 aliphatic rings. The molecule has 0 saturated carbocycles. The predicted molar refractivity (Wildman–Crippen MR) is 239 cm³/mol. The van der Waals surface area contributed by atoms with E-state index in [1.54, 1.807) is 0 Å². The third-order valence-corrected chi connectivity index (χ3v) is 9.29. The Morgan fingerprint density at radius 3 is 0.533 bits per heavy atom. The van der Waals surface area contributed by atoms with Crippen LogP contribution >= 0.6 is 0 Å². The lowest BCUT2D eigenvalue weighted by Gasteiger charge is -2.23. The van der Waals surface area contributed by atoms with E-state index in [4.69, 9.17) is 61.6 Å². The molecule has 13 heteroatoms. The summed E-state index contributed by atoms with van der Waals surface area (Å²) in [7, 11) is 0. The molecule has 0 aliphatic heterocycles. The summed E-state index contributed by atoms with van der Waals surface area (Å²) in [6, 6.07) is 0. The topological polar surface area (TPSA) is 120 Å². The zero-order valence-corrected chi connectivity index (χ0v) is 41.6. The molecule has 0 fully saturated rings. The standard InChI is InChI=1S/C47H96O13/c1-33(2)18-19-48-36(6)21-50-38(8)23-52-40(10)25-54-42(12)27-56-44(14)29-58-46(16)31-60-47(17)32-59-45(15)30-57-43(13)28-55-41(11)26-53-39(9)24-51-37(7)22-49-35(5)20-34(3)4/h33-47H,18-32H2,1-17H3. The Bertz CT molecular complexity index is 945. The van der Waals surface area contributed by atoms with Gasteiger partial charge in [-0.15, -0.1) is 0 Å². The zero-order chi connectivity index (χ0) is 45.5. The van der Waals surface area contributed by atoms with E-state index in [1.807, 2.05) is 83.1 Å². The van der Waals surface area contributed by atoms with E-state index in [2.05, 4.69) is 34.6 Å². The summed E-state index contributed by atoms with van der Waals surface area (Å²) in [5, 5.41) is 0. The molecule has 13 atom stereocenters. The van der Waals surface area contributed by atoms with Crippen LogP contribution in [0.25, 0.3) is 0 Å². The second-order valence-corrected chi connectivity index (χ2v) is 18.2. The highest BCUT2D eigenvalue weighted by atomic mass is 16.6. The molecule has 60 heavy (non-hydrogen) atoms. The first-order valence-electron chi connectivity index (χ1n) is 23.3. The average molecular weight is 869 g/mol. The lowest BCUT2D eigenvalue weighted by atomic mass is 10.1. The molecule has 0 heterocycles. The second-order valence-electron chi connectivity index (χ2n) is 18.2. The molecule has 13 unspecified atom stereocenters. The maximum absolute atomic E-state index is 5.98. The number of ether oxygens (including phenoxy) is 13. The van der Waals surface area contributed by atoms with Crippen molar-refractivity contribution < 1.29 is 61.6 Å². The minimum absolute atomic E-state index is 0.0168. The van der Waals surface area contributed by atoms with Gasteiger partial charge in [-0.3, -0.25) is 0 Å². The fourth-order valence-corrected chi connectivity index (χ4v) is 5.41. The van der Waals surface area contributed by atoms with E-state index >= 15 is 0 Å². The summed E-state index contributed by atoms with van der Waals surface area (Å²) in [6.07, 6.45) is 1.80. The van der Waals surface area contributed by atoms with Gasteiger partial charge in [0.05, 0.1) is 159 Å². The van der Waals surface area contributed by atoms with Gasteiger partial charge >= 0.3 is 0 Å². The zero-order valence-electron chi connectivity index (χ0n) is 41.6. The van der Waals surface area contributed by atoms with Crippen LogP contribution in [-0.4, -0.2) is 165 Å². The molecule has 0 radical (unpaired) electrons. The summed E-state index contributed by atoms with van der Waals surface area (Å²) >= 11 is 0. The molecule has 0 aromatic heterocycles. The normalized spacial score (nSPS) is 19.1. The molecule has 0 bridgehead atoms. The molecule has 13 nitrogen and oxygen atoms in total. The van der Waals surface area contributed by atoms with Gasteiger partial charge in [-0.25, -0.2) is 0 Å². The molecule has 0 saturated heterocycles. The maximum Gasteiger partial charge on any atom is 0.0781 e. The van der Waals surface area contributed by atoms with Gasteiger partial charge in [0.25, 0.3) is 0 Å². The largest absolute Gasteiger partial charge is 0.376 e. The third kappa shape index (κ3) is 38.0. The van der Waals surface area contributed by atoms with Gasteiger partial charge in [-0.05, 0) is 115 Å². The summed E-state index contributed by atoms with van der Waals surface area (Å²) in [5.41, 5.74) is 0. The molecule has 0 spiro atoms. The summed E-state index contributed by atoms with van der Waals surface area (Å²) in [6.45, 7) is 41.7. The highest BCUT2D eigenvalue weighted by molar-refractivity contribution is 4.62. The molecule has 0 aromatic rings. The molecular formula is C47H96O13. The van der Waals surface area contributed by atoms with Crippen LogP contribution in [0.1, 0.15) is 131 Å². The van der Waals surface area contributed by atoms with Gasteiger partial charge in [-0.1, -0.05) is 27.7 Å². The lowest BCUT2D eigenvalue weighted by Crippen LogP contribution is -2.31. The number of rotatable bonds is 42. The van der Waals surface area contributed by atoms with Crippen molar-refractivity contribution in [3.8, 4) is 0 Å². The van der Waals surface area contributed by atoms with Crippen LogP contribution in [0.2, 0.25) is 0 Å². The molecule has 0 aliphatic carbocycles.